The summed E-state index contributed by atoms with van der Waals surface area (Å²) in [5.41, 5.74) is 6.09. The van der Waals surface area contributed by atoms with Crippen LogP contribution in [-0.4, -0.2) is 67.8 Å². The molecular weight excluding hydrogens is 238 g/mol. The van der Waals surface area contributed by atoms with E-state index in [1.165, 1.54) is 58.3 Å². The molecule has 3 aliphatic heterocycles. The molecule has 3 heterocycles. The van der Waals surface area contributed by atoms with Crippen LogP contribution in [0.25, 0.3) is 0 Å². The first-order valence-corrected chi connectivity index (χ1v) is 8.14. The van der Waals surface area contributed by atoms with Gasteiger partial charge in [-0.1, -0.05) is 0 Å². The number of hydrogen-bond acceptors (Lipinski definition) is 4. The molecule has 0 aliphatic carbocycles. The first kappa shape index (κ1) is 13.8. The maximum Gasteiger partial charge on any atom is 0.0469 e. The van der Waals surface area contributed by atoms with Crippen LogP contribution in [0, 0.1) is 5.92 Å². The van der Waals surface area contributed by atoms with Crippen LogP contribution in [0.4, 0.5) is 0 Å². The number of likely N-dealkylation sites (tertiary alicyclic amines) is 2. The minimum atomic E-state index is 0.594. The van der Waals surface area contributed by atoms with E-state index >= 15 is 0 Å². The van der Waals surface area contributed by atoms with E-state index in [9.17, 15) is 0 Å². The first-order chi connectivity index (χ1) is 9.38. The number of hydrogen-bond donors (Lipinski definition) is 1. The topological polar surface area (TPSA) is 41.7 Å². The van der Waals surface area contributed by atoms with Gasteiger partial charge >= 0.3 is 0 Å². The van der Waals surface area contributed by atoms with E-state index in [0.717, 1.165) is 31.7 Å². The summed E-state index contributed by atoms with van der Waals surface area (Å²) in [5.74, 6) is 0.760. The van der Waals surface area contributed by atoms with E-state index < -0.39 is 0 Å². The van der Waals surface area contributed by atoms with Gasteiger partial charge in [0.2, 0.25) is 0 Å². The summed E-state index contributed by atoms with van der Waals surface area (Å²) in [5, 5.41) is 0. The fourth-order valence-electron chi connectivity index (χ4n) is 4.21. The molecule has 0 spiro atoms. The van der Waals surface area contributed by atoms with E-state index in [0.29, 0.717) is 6.04 Å². The number of nitrogens with two attached hydrogens (primary N) is 1. The summed E-state index contributed by atoms with van der Waals surface area (Å²) >= 11 is 0. The summed E-state index contributed by atoms with van der Waals surface area (Å²) < 4.78 is 5.49. The Labute approximate surface area is 117 Å². The maximum absolute atomic E-state index is 6.09. The third-order valence-electron chi connectivity index (χ3n) is 5.37. The third kappa shape index (κ3) is 3.13. The molecule has 3 aliphatic rings. The largest absolute Gasteiger partial charge is 0.381 e. The molecule has 4 heteroatoms. The van der Waals surface area contributed by atoms with Crippen LogP contribution in [0.1, 0.15) is 32.1 Å². The molecule has 0 aromatic heterocycles. The van der Waals surface area contributed by atoms with Gasteiger partial charge in [0.1, 0.15) is 0 Å². The van der Waals surface area contributed by atoms with Crippen molar-refractivity contribution >= 4 is 0 Å². The fraction of sp³-hybridized carbons (Fsp3) is 1.00. The standard InChI is InChI=1S/C15H29N3O/c16-11-15(13-4-9-19-10-5-13)18-8-3-14(12-18)17-6-1-2-7-17/h13-15H,1-12,16H2. The second-order valence-corrected chi connectivity index (χ2v) is 6.43. The quantitative estimate of drug-likeness (QED) is 0.822. The third-order valence-corrected chi connectivity index (χ3v) is 5.37. The SMILES string of the molecule is NCC(C1CCOCC1)N1CCC(N2CCCC2)C1. The normalized spacial score (nSPS) is 33.0. The van der Waals surface area contributed by atoms with Gasteiger partial charge in [0, 0.05) is 44.9 Å². The van der Waals surface area contributed by atoms with Crippen LogP contribution in [0.15, 0.2) is 0 Å². The smallest absolute Gasteiger partial charge is 0.0469 e. The molecule has 110 valence electrons. The van der Waals surface area contributed by atoms with Gasteiger partial charge in [-0.2, -0.15) is 0 Å². The van der Waals surface area contributed by atoms with Crippen LogP contribution in [0.2, 0.25) is 0 Å². The minimum Gasteiger partial charge on any atom is -0.381 e. The van der Waals surface area contributed by atoms with E-state index in [4.69, 9.17) is 10.5 Å². The van der Waals surface area contributed by atoms with Gasteiger partial charge in [-0.3, -0.25) is 9.80 Å². The molecule has 0 bridgehead atoms. The Hall–Kier alpha value is -0.160. The van der Waals surface area contributed by atoms with Crippen molar-refractivity contribution in [2.75, 3.05) is 45.9 Å². The molecule has 0 amide bonds. The summed E-state index contributed by atoms with van der Waals surface area (Å²) in [6, 6.07) is 1.40. The van der Waals surface area contributed by atoms with Crippen molar-refractivity contribution in [1.82, 2.24) is 9.80 Å². The minimum absolute atomic E-state index is 0.594. The molecule has 19 heavy (non-hydrogen) atoms. The zero-order chi connectivity index (χ0) is 13.1. The van der Waals surface area contributed by atoms with Crippen LogP contribution < -0.4 is 5.73 Å². The van der Waals surface area contributed by atoms with Crippen LogP contribution >= 0.6 is 0 Å². The second kappa shape index (κ2) is 6.53. The Balaban J connectivity index is 1.55. The van der Waals surface area contributed by atoms with Gasteiger partial charge in [-0.25, -0.2) is 0 Å². The lowest BCUT2D eigenvalue weighted by atomic mass is 9.91. The van der Waals surface area contributed by atoms with E-state index in [1.807, 2.05) is 0 Å². The van der Waals surface area contributed by atoms with Crippen molar-refractivity contribution in [3.63, 3.8) is 0 Å². The molecular formula is C15H29N3O. The summed E-state index contributed by atoms with van der Waals surface area (Å²) in [6.07, 6.45) is 6.55. The Morgan fingerprint density at radius 1 is 1.05 bits per heavy atom. The van der Waals surface area contributed by atoms with Crippen LogP contribution in [0.3, 0.4) is 0 Å². The highest BCUT2D eigenvalue weighted by Gasteiger charge is 2.35. The number of nitrogens with zero attached hydrogens (tertiary/aromatic N) is 2. The van der Waals surface area contributed by atoms with Crippen molar-refractivity contribution in [2.24, 2.45) is 11.7 Å². The van der Waals surface area contributed by atoms with Crippen molar-refractivity contribution in [3.8, 4) is 0 Å². The average molecular weight is 267 g/mol. The van der Waals surface area contributed by atoms with Crippen molar-refractivity contribution < 1.29 is 4.74 Å². The Kier molecular flexibility index (Phi) is 4.74. The Morgan fingerprint density at radius 2 is 1.79 bits per heavy atom. The molecule has 0 aromatic rings. The fourth-order valence-corrected chi connectivity index (χ4v) is 4.21. The Bertz CT molecular complexity index is 275. The monoisotopic (exact) mass is 267 g/mol. The van der Waals surface area contributed by atoms with Gasteiger partial charge in [0.25, 0.3) is 0 Å². The lowest BCUT2D eigenvalue weighted by molar-refractivity contribution is 0.0317. The maximum atomic E-state index is 6.09. The summed E-state index contributed by atoms with van der Waals surface area (Å²) in [4.78, 5) is 5.39. The molecule has 3 saturated heterocycles. The van der Waals surface area contributed by atoms with E-state index in [1.54, 1.807) is 0 Å². The van der Waals surface area contributed by atoms with E-state index in [2.05, 4.69) is 9.80 Å². The predicted octanol–water partition coefficient (Wildman–Crippen LogP) is 0.910. The van der Waals surface area contributed by atoms with Crippen LogP contribution in [-0.2, 0) is 4.74 Å². The van der Waals surface area contributed by atoms with Crippen molar-refractivity contribution in [2.45, 2.75) is 44.2 Å². The van der Waals surface area contributed by atoms with Crippen molar-refractivity contribution in [1.29, 1.82) is 0 Å². The van der Waals surface area contributed by atoms with Gasteiger partial charge in [-0.05, 0) is 51.1 Å². The zero-order valence-corrected chi connectivity index (χ0v) is 12.1. The highest BCUT2D eigenvalue weighted by atomic mass is 16.5. The zero-order valence-electron chi connectivity index (χ0n) is 12.1. The molecule has 0 aromatic carbocycles. The van der Waals surface area contributed by atoms with E-state index in [-0.39, 0.29) is 0 Å². The van der Waals surface area contributed by atoms with Gasteiger partial charge in [-0.15, -0.1) is 0 Å². The first-order valence-electron chi connectivity index (χ1n) is 8.14. The van der Waals surface area contributed by atoms with Gasteiger partial charge in [0.15, 0.2) is 0 Å². The highest BCUT2D eigenvalue weighted by molar-refractivity contribution is 4.91. The lowest BCUT2D eigenvalue weighted by Crippen LogP contribution is -2.47. The highest BCUT2D eigenvalue weighted by Crippen LogP contribution is 2.27. The van der Waals surface area contributed by atoms with Gasteiger partial charge < -0.3 is 10.5 Å². The lowest BCUT2D eigenvalue weighted by Gasteiger charge is -2.36. The molecule has 3 fully saturated rings. The summed E-state index contributed by atoms with van der Waals surface area (Å²) in [6.45, 7) is 7.83. The van der Waals surface area contributed by atoms with Crippen molar-refractivity contribution in [3.05, 3.63) is 0 Å². The number of rotatable bonds is 4. The molecule has 4 nitrogen and oxygen atoms in total. The Morgan fingerprint density at radius 3 is 2.47 bits per heavy atom. The van der Waals surface area contributed by atoms with Crippen LogP contribution in [0.5, 0.6) is 0 Å². The number of ether oxygens (including phenoxy) is 1. The van der Waals surface area contributed by atoms with Gasteiger partial charge in [0.05, 0.1) is 0 Å². The molecule has 2 N–H and O–H groups in total. The average Bonchev–Trinajstić information content (AvgIpc) is 3.11. The molecule has 2 atom stereocenters. The predicted molar refractivity (Wildman–Crippen MR) is 77.2 cm³/mol. The molecule has 0 saturated carbocycles. The second-order valence-electron chi connectivity index (χ2n) is 6.43. The molecule has 3 rings (SSSR count). The summed E-state index contributed by atoms with van der Waals surface area (Å²) in [7, 11) is 0. The molecule has 2 unspecified atom stereocenters. The molecule has 0 radical (unpaired) electrons.